The summed E-state index contributed by atoms with van der Waals surface area (Å²) in [5, 5.41) is 17.8. The van der Waals surface area contributed by atoms with E-state index in [4.69, 9.17) is 9.84 Å². The molecule has 0 saturated heterocycles. The van der Waals surface area contributed by atoms with E-state index in [1.54, 1.807) is 7.11 Å². The standard InChI is InChI=1S/C15H19N3O3S/c1-10(2)8-13-16-17-15(22-9-14(19)20)18(13)11-4-6-12(21-3)7-5-11/h4-7,10H,8-9H2,1-3H3,(H,19,20). The molecule has 2 aromatic rings. The van der Waals surface area contributed by atoms with E-state index in [0.29, 0.717) is 11.1 Å². The van der Waals surface area contributed by atoms with E-state index in [0.717, 1.165) is 23.7 Å². The van der Waals surface area contributed by atoms with Crippen LogP contribution < -0.4 is 4.74 Å². The molecule has 0 fully saturated rings. The minimum Gasteiger partial charge on any atom is -0.497 e. The maximum atomic E-state index is 10.8. The van der Waals surface area contributed by atoms with E-state index in [9.17, 15) is 4.79 Å². The first kappa shape index (κ1) is 16.4. The van der Waals surface area contributed by atoms with Gasteiger partial charge in [-0.15, -0.1) is 10.2 Å². The lowest BCUT2D eigenvalue weighted by Crippen LogP contribution is -2.07. The molecular formula is C15H19N3O3S. The van der Waals surface area contributed by atoms with Gasteiger partial charge < -0.3 is 9.84 Å². The minimum absolute atomic E-state index is 0.0457. The van der Waals surface area contributed by atoms with Crippen LogP contribution in [0, 0.1) is 5.92 Å². The van der Waals surface area contributed by atoms with E-state index in [1.165, 1.54) is 11.8 Å². The number of carboxylic acid groups (broad SMARTS) is 1. The summed E-state index contributed by atoms with van der Waals surface area (Å²) in [5.41, 5.74) is 0.898. The van der Waals surface area contributed by atoms with Crippen molar-refractivity contribution < 1.29 is 14.6 Å². The topological polar surface area (TPSA) is 77.2 Å². The lowest BCUT2D eigenvalue weighted by molar-refractivity contribution is -0.133. The molecule has 1 heterocycles. The first-order chi connectivity index (χ1) is 10.5. The van der Waals surface area contributed by atoms with Crippen LogP contribution in [-0.4, -0.2) is 38.7 Å². The number of nitrogens with zero attached hydrogens (tertiary/aromatic N) is 3. The number of ether oxygens (including phenoxy) is 1. The van der Waals surface area contributed by atoms with Gasteiger partial charge in [0.25, 0.3) is 0 Å². The van der Waals surface area contributed by atoms with Crippen molar-refractivity contribution in [3.05, 3.63) is 30.1 Å². The summed E-state index contributed by atoms with van der Waals surface area (Å²) in [6.07, 6.45) is 0.770. The predicted octanol–water partition coefficient (Wildman–Crippen LogP) is 2.65. The van der Waals surface area contributed by atoms with E-state index >= 15 is 0 Å². The van der Waals surface area contributed by atoms with Crippen LogP contribution in [0.15, 0.2) is 29.4 Å². The first-order valence-corrected chi connectivity index (χ1v) is 7.93. The number of hydrogen-bond donors (Lipinski definition) is 1. The molecule has 0 spiro atoms. The predicted molar refractivity (Wildman–Crippen MR) is 84.8 cm³/mol. The molecule has 0 bridgehead atoms. The normalized spacial score (nSPS) is 10.9. The smallest absolute Gasteiger partial charge is 0.313 e. The Bertz CT molecular complexity index is 638. The Labute approximate surface area is 133 Å². The zero-order valence-electron chi connectivity index (χ0n) is 12.8. The summed E-state index contributed by atoms with van der Waals surface area (Å²) in [6, 6.07) is 7.55. The fourth-order valence-electron chi connectivity index (χ4n) is 2.01. The van der Waals surface area contributed by atoms with E-state index in [-0.39, 0.29) is 5.75 Å². The zero-order chi connectivity index (χ0) is 16.1. The third kappa shape index (κ3) is 4.00. The highest BCUT2D eigenvalue weighted by Crippen LogP contribution is 2.24. The zero-order valence-corrected chi connectivity index (χ0v) is 13.6. The summed E-state index contributed by atoms with van der Waals surface area (Å²) < 4.78 is 7.08. The third-order valence-electron chi connectivity index (χ3n) is 2.95. The lowest BCUT2D eigenvalue weighted by atomic mass is 10.1. The van der Waals surface area contributed by atoms with Crippen molar-refractivity contribution in [1.82, 2.24) is 14.8 Å². The van der Waals surface area contributed by atoms with Crippen molar-refractivity contribution in [3.8, 4) is 11.4 Å². The minimum atomic E-state index is -0.875. The Kier molecular flexibility index (Phi) is 5.43. The van der Waals surface area contributed by atoms with Crippen LogP contribution >= 0.6 is 11.8 Å². The number of benzene rings is 1. The van der Waals surface area contributed by atoms with E-state index < -0.39 is 5.97 Å². The monoisotopic (exact) mass is 321 g/mol. The number of aliphatic carboxylic acids is 1. The van der Waals surface area contributed by atoms with Crippen molar-refractivity contribution in [2.24, 2.45) is 5.92 Å². The molecule has 118 valence electrons. The quantitative estimate of drug-likeness (QED) is 0.790. The maximum absolute atomic E-state index is 10.8. The van der Waals surface area contributed by atoms with Crippen molar-refractivity contribution >= 4 is 17.7 Å². The summed E-state index contributed by atoms with van der Waals surface area (Å²) >= 11 is 1.17. The molecule has 0 aliphatic heterocycles. The summed E-state index contributed by atoms with van der Waals surface area (Å²) in [6.45, 7) is 4.22. The molecule has 1 aromatic heterocycles. The SMILES string of the molecule is COc1ccc(-n2c(CC(C)C)nnc2SCC(=O)O)cc1. The highest BCUT2D eigenvalue weighted by Gasteiger charge is 2.16. The molecule has 0 aliphatic carbocycles. The van der Waals surface area contributed by atoms with E-state index in [2.05, 4.69) is 24.0 Å². The number of carboxylic acids is 1. The van der Waals surface area contributed by atoms with Crippen molar-refractivity contribution in [2.75, 3.05) is 12.9 Å². The van der Waals surface area contributed by atoms with Gasteiger partial charge in [-0.05, 0) is 30.2 Å². The van der Waals surface area contributed by atoms with Gasteiger partial charge in [-0.25, -0.2) is 0 Å². The molecule has 0 amide bonds. The van der Waals surface area contributed by atoms with Crippen molar-refractivity contribution in [3.63, 3.8) is 0 Å². The van der Waals surface area contributed by atoms with Crippen LogP contribution in [0.3, 0.4) is 0 Å². The van der Waals surface area contributed by atoms with Gasteiger partial charge in [-0.1, -0.05) is 25.6 Å². The Morgan fingerprint density at radius 1 is 1.32 bits per heavy atom. The molecule has 0 unspecified atom stereocenters. The molecule has 22 heavy (non-hydrogen) atoms. The van der Waals surface area contributed by atoms with Crippen molar-refractivity contribution in [2.45, 2.75) is 25.4 Å². The highest BCUT2D eigenvalue weighted by atomic mass is 32.2. The Balaban J connectivity index is 2.38. The molecule has 1 aromatic carbocycles. The Hall–Kier alpha value is -2.02. The molecule has 0 atom stereocenters. The largest absolute Gasteiger partial charge is 0.497 e. The van der Waals surface area contributed by atoms with Gasteiger partial charge in [0.2, 0.25) is 0 Å². The Morgan fingerprint density at radius 3 is 2.55 bits per heavy atom. The fourth-order valence-corrected chi connectivity index (χ4v) is 2.70. The van der Waals surface area contributed by atoms with Gasteiger partial charge in [0, 0.05) is 12.1 Å². The number of methoxy groups -OCH3 is 1. The average molecular weight is 321 g/mol. The van der Waals surface area contributed by atoms with Crippen LogP contribution in [0.4, 0.5) is 0 Å². The second-order valence-corrected chi connectivity index (χ2v) is 6.16. The van der Waals surface area contributed by atoms with Crippen LogP contribution in [0.1, 0.15) is 19.7 Å². The number of thioether (sulfide) groups is 1. The average Bonchev–Trinajstić information content (AvgIpc) is 2.87. The number of carbonyl (C=O) groups is 1. The second-order valence-electron chi connectivity index (χ2n) is 5.21. The van der Waals surface area contributed by atoms with Crippen LogP contribution in [0.25, 0.3) is 5.69 Å². The van der Waals surface area contributed by atoms with Crippen LogP contribution in [0.2, 0.25) is 0 Å². The van der Waals surface area contributed by atoms with Crippen LogP contribution in [0.5, 0.6) is 5.75 Å². The van der Waals surface area contributed by atoms with Gasteiger partial charge in [0.15, 0.2) is 5.16 Å². The lowest BCUT2D eigenvalue weighted by Gasteiger charge is -2.11. The molecule has 7 heteroatoms. The fraction of sp³-hybridized carbons (Fsp3) is 0.400. The molecule has 0 aliphatic rings. The van der Waals surface area contributed by atoms with Gasteiger partial charge in [-0.2, -0.15) is 0 Å². The highest BCUT2D eigenvalue weighted by molar-refractivity contribution is 7.99. The molecule has 0 saturated carbocycles. The number of rotatable bonds is 7. The van der Waals surface area contributed by atoms with Gasteiger partial charge in [-0.3, -0.25) is 9.36 Å². The number of aromatic nitrogens is 3. The van der Waals surface area contributed by atoms with Gasteiger partial charge >= 0.3 is 5.97 Å². The second kappa shape index (κ2) is 7.31. The Morgan fingerprint density at radius 2 is 2.00 bits per heavy atom. The molecule has 2 rings (SSSR count). The molecule has 0 radical (unpaired) electrons. The van der Waals surface area contributed by atoms with Gasteiger partial charge in [0.05, 0.1) is 12.9 Å². The van der Waals surface area contributed by atoms with Crippen molar-refractivity contribution in [1.29, 1.82) is 0 Å². The maximum Gasteiger partial charge on any atom is 0.313 e. The summed E-state index contributed by atoms with van der Waals surface area (Å²) in [5.74, 6) is 1.10. The summed E-state index contributed by atoms with van der Waals surface area (Å²) in [7, 11) is 1.62. The molecule has 6 nitrogen and oxygen atoms in total. The van der Waals surface area contributed by atoms with Gasteiger partial charge in [0.1, 0.15) is 11.6 Å². The van der Waals surface area contributed by atoms with Crippen LogP contribution in [-0.2, 0) is 11.2 Å². The summed E-state index contributed by atoms with van der Waals surface area (Å²) in [4.78, 5) is 10.8. The number of hydrogen-bond acceptors (Lipinski definition) is 5. The third-order valence-corrected chi connectivity index (χ3v) is 3.86. The van der Waals surface area contributed by atoms with E-state index in [1.807, 2.05) is 28.8 Å². The first-order valence-electron chi connectivity index (χ1n) is 6.94. The molecule has 1 N–H and O–H groups in total. The molecular weight excluding hydrogens is 302 g/mol.